The van der Waals surface area contributed by atoms with Gasteiger partial charge in [0.1, 0.15) is 5.75 Å². The maximum absolute atomic E-state index is 9.44. The first-order valence-corrected chi connectivity index (χ1v) is 8.66. The van der Waals surface area contributed by atoms with E-state index in [0.717, 1.165) is 16.9 Å². The van der Waals surface area contributed by atoms with Crippen LogP contribution in [0.25, 0.3) is 0 Å². The van der Waals surface area contributed by atoms with Gasteiger partial charge in [0.2, 0.25) is 0 Å². The van der Waals surface area contributed by atoms with E-state index >= 15 is 0 Å². The van der Waals surface area contributed by atoms with Crippen molar-refractivity contribution in [3.05, 3.63) is 69.8 Å². The van der Waals surface area contributed by atoms with Gasteiger partial charge in [-0.1, -0.05) is 35.3 Å². The lowest BCUT2D eigenvalue weighted by Gasteiger charge is -2.26. The summed E-state index contributed by atoms with van der Waals surface area (Å²) in [6.07, 6.45) is 2.49. The number of phenolic OH excluding ortho intramolecular Hbond substituents is 1. The molecule has 25 heavy (non-hydrogen) atoms. The summed E-state index contributed by atoms with van der Waals surface area (Å²) in [6.45, 7) is 3.75. The molecular weight excluding hydrogens is 357 g/mol. The van der Waals surface area contributed by atoms with Gasteiger partial charge in [0.15, 0.2) is 0 Å². The predicted molar refractivity (Wildman–Crippen MR) is 106 cm³/mol. The van der Waals surface area contributed by atoms with Crippen LogP contribution in [0.3, 0.4) is 0 Å². The van der Waals surface area contributed by atoms with Crippen molar-refractivity contribution >= 4 is 28.9 Å². The third-order valence-corrected chi connectivity index (χ3v) is 4.34. The van der Waals surface area contributed by atoms with Crippen LogP contribution in [-0.2, 0) is 6.42 Å². The molecule has 2 rings (SSSR count). The summed E-state index contributed by atoms with van der Waals surface area (Å²) in [5.41, 5.74) is 14.4. The van der Waals surface area contributed by atoms with E-state index in [4.69, 9.17) is 34.7 Å². The number of benzene rings is 2. The summed E-state index contributed by atoms with van der Waals surface area (Å²) in [5, 5.41) is 13.8. The second kappa shape index (κ2) is 8.11. The predicted octanol–water partition coefficient (Wildman–Crippen LogP) is 4.30. The summed E-state index contributed by atoms with van der Waals surface area (Å²) in [7, 11) is 0. The van der Waals surface area contributed by atoms with Gasteiger partial charge in [-0.25, -0.2) is 0 Å². The highest BCUT2D eigenvalue weighted by Gasteiger charge is 2.20. The highest BCUT2D eigenvalue weighted by molar-refractivity contribution is 6.36. The molecule has 0 amide bonds. The Balaban J connectivity index is 2.30. The van der Waals surface area contributed by atoms with Crippen LogP contribution < -0.4 is 16.8 Å². The first-order valence-electron chi connectivity index (χ1n) is 7.90. The van der Waals surface area contributed by atoms with E-state index in [1.165, 1.54) is 0 Å². The van der Waals surface area contributed by atoms with Crippen molar-refractivity contribution in [2.24, 2.45) is 11.5 Å². The summed E-state index contributed by atoms with van der Waals surface area (Å²) in [4.78, 5) is 0. The van der Waals surface area contributed by atoms with Crippen LogP contribution in [0.2, 0.25) is 10.0 Å². The van der Waals surface area contributed by atoms with Gasteiger partial charge >= 0.3 is 0 Å². The van der Waals surface area contributed by atoms with Gasteiger partial charge in [-0.3, -0.25) is 0 Å². The van der Waals surface area contributed by atoms with E-state index < -0.39 is 5.54 Å². The highest BCUT2D eigenvalue weighted by atomic mass is 35.5. The molecule has 1 atom stereocenters. The van der Waals surface area contributed by atoms with Gasteiger partial charge in [-0.15, -0.1) is 0 Å². The van der Waals surface area contributed by atoms with Crippen molar-refractivity contribution < 1.29 is 5.11 Å². The molecule has 6 heteroatoms. The molecule has 2 aromatic carbocycles. The summed E-state index contributed by atoms with van der Waals surface area (Å²) < 4.78 is 0. The third kappa shape index (κ3) is 5.94. The molecule has 134 valence electrons. The molecule has 0 fully saturated rings. The van der Waals surface area contributed by atoms with E-state index in [-0.39, 0.29) is 11.8 Å². The molecule has 0 saturated heterocycles. The van der Waals surface area contributed by atoms with Crippen molar-refractivity contribution in [3.8, 4) is 5.75 Å². The Hall–Kier alpha value is -1.72. The van der Waals surface area contributed by atoms with Gasteiger partial charge in [-0.05, 0) is 55.8 Å². The number of nitrogens with two attached hydrogens (primary N) is 2. The zero-order chi connectivity index (χ0) is 18.6. The number of halogens is 2. The Morgan fingerprint density at radius 3 is 2.40 bits per heavy atom. The van der Waals surface area contributed by atoms with E-state index in [1.54, 1.807) is 24.3 Å². The quantitative estimate of drug-likeness (QED) is 0.602. The van der Waals surface area contributed by atoms with Crippen molar-refractivity contribution in [2.75, 3.05) is 5.32 Å². The molecule has 0 aliphatic carbocycles. The number of hydrogen-bond donors (Lipinski definition) is 4. The number of allylic oxidation sites excluding steroid dienone is 1. The Bertz CT molecular complexity index is 752. The maximum Gasteiger partial charge on any atom is 0.115 e. The van der Waals surface area contributed by atoms with E-state index in [1.807, 2.05) is 38.1 Å². The molecule has 0 spiro atoms. The van der Waals surface area contributed by atoms with E-state index in [2.05, 4.69) is 5.32 Å². The molecule has 4 nitrogen and oxygen atoms in total. The van der Waals surface area contributed by atoms with Crippen LogP contribution in [0.4, 0.5) is 5.69 Å². The van der Waals surface area contributed by atoms with Crippen LogP contribution in [0, 0.1) is 0 Å². The minimum atomic E-state index is -0.564. The first kappa shape index (κ1) is 19.6. The Kier molecular flexibility index (Phi) is 6.36. The van der Waals surface area contributed by atoms with Crippen LogP contribution in [0.15, 0.2) is 54.2 Å². The standard InChI is InChI=1S/C19H23Cl2N3O/c1-19(2,23)18(22)11-14(9-12-3-6-15(25)7-4-12)24-17-8-5-13(20)10-16(17)21/h3-8,10-11,18,24-25H,9,22-23H2,1-2H3/b14-11-. The number of hydrogen-bond acceptors (Lipinski definition) is 4. The molecule has 0 aromatic heterocycles. The van der Waals surface area contributed by atoms with Gasteiger partial charge in [0.25, 0.3) is 0 Å². The monoisotopic (exact) mass is 379 g/mol. The Morgan fingerprint density at radius 2 is 1.84 bits per heavy atom. The van der Waals surface area contributed by atoms with Gasteiger partial charge in [0, 0.05) is 28.7 Å². The smallest absolute Gasteiger partial charge is 0.115 e. The number of phenols is 1. The average molecular weight is 380 g/mol. The summed E-state index contributed by atoms with van der Waals surface area (Å²) in [6, 6.07) is 11.9. The number of anilines is 1. The molecule has 1 unspecified atom stereocenters. The van der Waals surface area contributed by atoms with Crippen LogP contribution in [0.1, 0.15) is 19.4 Å². The molecule has 0 heterocycles. The molecule has 0 aliphatic heterocycles. The maximum atomic E-state index is 9.44. The summed E-state index contributed by atoms with van der Waals surface area (Å²) >= 11 is 12.2. The van der Waals surface area contributed by atoms with Gasteiger partial charge in [0.05, 0.1) is 10.7 Å². The summed E-state index contributed by atoms with van der Waals surface area (Å²) in [5.74, 6) is 0.225. The van der Waals surface area contributed by atoms with Crippen molar-refractivity contribution in [1.29, 1.82) is 0 Å². The molecule has 0 aliphatic rings. The van der Waals surface area contributed by atoms with Crippen molar-refractivity contribution in [2.45, 2.75) is 31.8 Å². The van der Waals surface area contributed by atoms with Crippen LogP contribution >= 0.6 is 23.2 Å². The zero-order valence-electron chi connectivity index (χ0n) is 14.3. The second-order valence-electron chi connectivity index (χ2n) is 6.63. The fourth-order valence-electron chi connectivity index (χ4n) is 2.17. The SMILES string of the molecule is CC(C)(N)C(N)/C=C(/Cc1ccc(O)cc1)Nc1ccc(Cl)cc1Cl. The minimum absolute atomic E-state index is 0.225. The van der Waals surface area contributed by atoms with Gasteiger partial charge in [-0.2, -0.15) is 0 Å². The number of rotatable bonds is 6. The van der Waals surface area contributed by atoms with Crippen LogP contribution in [-0.4, -0.2) is 16.7 Å². The molecule has 0 bridgehead atoms. The number of aromatic hydroxyl groups is 1. The molecular formula is C19H23Cl2N3O. The Morgan fingerprint density at radius 1 is 1.20 bits per heavy atom. The van der Waals surface area contributed by atoms with E-state index in [0.29, 0.717) is 16.5 Å². The lowest BCUT2D eigenvalue weighted by Crippen LogP contribution is -2.49. The molecule has 0 saturated carbocycles. The minimum Gasteiger partial charge on any atom is -0.508 e. The van der Waals surface area contributed by atoms with E-state index in [9.17, 15) is 5.11 Å². The third-order valence-electron chi connectivity index (χ3n) is 3.80. The molecule has 2 aromatic rings. The lowest BCUT2D eigenvalue weighted by molar-refractivity contribution is 0.462. The normalized spacial score (nSPS) is 13.6. The van der Waals surface area contributed by atoms with Gasteiger partial charge < -0.3 is 21.9 Å². The number of nitrogens with one attached hydrogen (secondary N) is 1. The highest BCUT2D eigenvalue weighted by Crippen LogP contribution is 2.27. The fraction of sp³-hybridized carbons (Fsp3) is 0.263. The largest absolute Gasteiger partial charge is 0.508 e. The lowest BCUT2D eigenvalue weighted by atomic mass is 9.95. The zero-order valence-corrected chi connectivity index (χ0v) is 15.8. The molecule has 0 radical (unpaired) electrons. The fourth-order valence-corrected chi connectivity index (χ4v) is 2.63. The van der Waals surface area contributed by atoms with Crippen molar-refractivity contribution in [1.82, 2.24) is 0 Å². The Labute approximate surface area is 158 Å². The molecule has 6 N–H and O–H groups in total. The van der Waals surface area contributed by atoms with Crippen molar-refractivity contribution in [3.63, 3.8) is 0 Å². The average Bonchev–Trinajstić information content (AvgIpc) is 2.51. The topological polar surface area (TPSA) is 84.3 Å². The van der Waals surface area contributed by atoms with Crippen LogP contribution in [0.5, 0.6) is 5.75 Å². The first-order chi connectivity index (χ1) is 11.6. The second-order valence-corrected chi connectivity index (χ2v) is 7.48.